The lowest BCUT2D eigenvalue weighted by atomic mass is 10.2. The van der Waals surface area contributed by atoms with Gasteiger partial charge in [0.2, 0.25) is 0 Å². The number of rotatable bonds is 4. The van der Waals surface area contributed by atoms with Crippen molar-refractivity contribution in [2.75, 3.05) is 6.23 Å². The molecule has 2 nitrogen and oxygen atoms in total. The number of ether oxygens (including phenoxy) is 1. The van der Waals surface area contributed by atoms with E-state index in [-0.39, 0.29) is 12.2 Å². The lowest BCUT2D eigenvalue weighted by Crippen LogP contribution is -2.28. The van der Waals surface area contributed by atoms with Gasteiger partial charge in [-0.3, -0.25) is 0 Å². The van der Waals surface area contributed by atoms with E-state index in [4.69, 9.17) is 9.84 Å². The van der Waals surface area contributed by atoms with Crippen LogP contribution in [0.5, 0.6) is 5.75 Å². The van der Waals surface area contributed by atoms with Gasteiger partial charge in [0.15, 0.2) is 11.6 Å². The van der Waals surface area contributed by atoms with Gasteiger partial charge in [0.25, 0.3) is 0 Å². The highest BCUT2D eigenvalue weighted by Gasteiger charge is 2.16. The van der Waals surface area contributed by atoms with Crippen molar-refractivity contribution in [2.45, 2.75) is 26.2 Å². The number of halogens is 2. The van der Waals surface area contributed by atoms with Crippen molar-refractivity contribution in [1.29, 1.82) is 0 Å². The lowest BCUT2D eigenvalue weighted by Gasteiger charge is -2.16. The summed E-state index contributed by atoms with van der Waals surface area (Å²) in [6, 6.07) is 2.03. The third kappa shape index (κ3) is 3.57. The molecule has 0 saturated heterocycles. The maximum atomic E-state index is 13.3. The highest BCUT2D eigenvalue weighted by Crippen LogP contribution is 2.22. The quantitative estimate of drug-likeness (QED) is 0.827. The third-order valence-electron chi connectivity index (χ3n) is 1.95. The van der Waals surface area contributed by atoms with E-state index in [9.17, 15) is 8.78 Å². The zero-order chi connectivity index (χ0) is 12.3. The standard InChI is InChI=1S/C11H16F2O2Si/c1-16(2,3)7-15-6-8-9(12)4-5-10(14)11(8)13/h4-5,14H,6-7H2,1-3H3. The van der Waals surface area contributed by atoms with Crippen molar-refractivity contribution in [3.8, 4) is 5.75 Å². The molecule has 1 N–H and O–H groups in total. The average molecular weight is 246 g/mol. The van der Waals surface area contributed by atoms with Crippen LogP contribution in [0.4, 0.5) is 8.78 Å². The fraction of sp³-hybridized carbons (Fsp3) is 0.455. The highest BCUT2D eigenvalue weighted by atomic mass is 28.3. The lowest BCUT2D eigenvalue weighted by molar-refractivity contribution is 0.152. The molecule has 0 aliphatic carbocycles. The Kier molecular flexibility index (Phi) is 4.04. The maximum Gasteiger partial charge on any atom is 0.173 e. The smallest absolute Gasteiger partial charge is 0.173 e. The summed E-state index contributed by atoms with van der Waals surface area (Å²) in [6.45, 7) is 6.16. The monoisotopic (exact) mass is 246 g/mol. The third-order valence-corrected chi connectivity index (χ3v) is 3.02. The largest absolute Gasteiger partial charge is 0.505 e. The molecule has 0 radical (unpaired) electrons. The van der Waals surface area contributed by atoms with E-state index in [0.29, 0.717) is 6.23 Å². The number of hydrogen-bond donors (Lipinski definition) is 1. The van der Waals surface area contributed by atoms with Gasteiger partial charge >= 0.3 is 0 Å². The van der Waals surface area contributed by atoms with Gasteiger partial charge in [-0.2, -0.15) is 0 Å². The molecule has 0 fully saturated rings. The Morgan fingerprint density at radius 2 is 1.88 bits per heavy atom. The summed E-state index contributed by atoms with van der Waals surface area (Å²) in [7, 11) is -1.39. The summed E-state index contributed by atoms with van der Waals surface area (Å²) >= 11 is 0. The van der Waals surface area contributed by atoms with Gasteiger partial charge in [-0.1, -0.05) is 19.6 Å². The van der Waals surface area contributed by atoms with Gasteiger partial charge in [-0.05, 0) is 12.1 Å². The zero-order valence-corrected chi connectivity index (χ0v) is 10.7. The van der Waals surface area contributed by atoms with E-state index in [1.807, 2.05) is 0 Å². The number of hydrogen-bond acceptors (Lipinski definition) is 2. The van der Waals surface area contributed by atoms with Crippen molar-refractivity contribution in [1.82, 2.24) is 0 Å². The Labute approximate surface area is 94.9 Å². The van der Waals surface area contributed by atoms with E-state index in [1.165, 1.54) is 0 Å². The van der Waals surface area contributed by atoms with E-state index in [0.717, 1.165) is 12.1 Å². The SMILES string of the molecule is C[Si](C)(C)COCc1c(F)ccc(O)c1F. The molecule has 1 aromatic rings. The molecule has 0 aliphatic rings. The van der Waals surface area contributed by atoms with E-state index < -0.39 is 25.5 Å². The van der Waals surface area contributed by atoms with Crippen LogP contribution in [0.3, 0.4) is 0 Å². The molecule has 0 amide bonds. The van der Waals surface area contributed by atoms with Crippen LogP contribution in [0.2, 0.25) is 19.6 Å². The second-order valence-corrected chi connectivity index (χ2v) is 10.3. The summed E-state index contributed by atoms with van der Waals surface area (Å²) in [5.74, 6) is -2.17. The van der Waals surface area contributed by atoms with Gasteiger partial charge in [-0.15, -0.1) is 0 Å². The van der Waals surface area contributed by atoms with Gasteiger partial charge in [0, 0.05) is 6.23 Å². The second kappa shape index (κ2) is 4.93. The number of phenols is 1. The molecule has 16 heavy (non-hydrogen) atoms. The van der Waals surface area contributed by atoms with Crippen molar-refractivity contribution in [2.24, 2.45) is 0 Å². The Morgan fingerprint density at radius 1 is 1.25 bits per heavy atom. The number of benzene rings is 1. The molecule has 0 bridgehead atoms. The van der Waals surface area contributed by atoms with Crippen molar-refractivity contribution < 1.29 is 18.6 Å². The van der Waals surface area contributed by atoms with Crippen LogP contribution in [0.15, 0.2) is 12.1 Å². The molecule has 5 heteroatoms. The molecule has 1 rings (SSSR count). The van der Waals surface area contributed by atoms with Crippen LogP contribution >= 0.6 is 0 Å². The summed E-state index contributed by atoms with van der Waals surface area (Å²) in [5, 5.41) is 9.10. The Balaban J connectivity index is 2.71. The van der Waals surface area contributed by atoms with Crippen molar-refractivity contribution >= 4 is 8.07 Å². The Bertz CT molecular complexity index is 375. The summed E-state index contributed by atoms with van der Waals surface area (Å²) in [6.07, 6.45) is 0.529. The van der Waals surface area contributed by atoms with Crippen molar-refractivity contribution in [3.05, 3.63) is 29.3 Å². The summed E-state index contributed by atoms with van der Waals surface area (Å²) in [5.41, 5.74) is -0.210. The molecule has 0 saturated carbocycles. The summed E-state index contributed by atoms with van der Waals surface area (Å²) in [4.78, 5) is 0. The minimum absolute atomic E-state index is 0.143. The normalized spacial score (nSPS) is 11.8. The molecule has 0 spiro atoms. The zero-order valence-electron chi connectivity index (χ0n) is 9.68. The molecule has 0 heterocycles. The van der Waals surface area contributed by atoms with Crippen molar-refractivity contribution in [3.63, 3.8) is 0 Å². The predicted molar refractivity (Wildman–Crippen MR) is 61.0 cm³/mol. The molecule has 0 atom stereocenters. The number of phenolic OH excluding ortho intramolecular Hbond substituents is 1. The molecule has 0 aromatic heterocycles. The van der Waals surface area contributed by atoms with Gasteiger partial charge in [0.05, 0.1) is 20.2 Å². The Hall–Kier alpha value is -0.943. The van der Waals surface area contributed by atoms with E-state index in [1.54, 1.807) is 0 Å². The second-order valence-electron chi connectivity index (χ2n) is 4.91. The molecule has 1 aromatic carbocycles. The maximum absolute atomic E-state index is 13.3. The Morgan fingerprint density at radius 3 is 2.44 bits per heavy atom. The van der Waals surface area contributed by atoms with E-state index >= 15 is 0 Å². The molecular formula is C11H16F2O2Si. The fourth-order valence-electron chi connectivity index (χ4n) is 1.18. The van der Waals surface area contributed by atoms with Crippen LogP contribution in [-0.4, -0.2) is 19.4 Å². The average Bonchev–Trinajstić information content (AvgIpc) is 2.16. The highest BCUT2D eigenvalue weighted by molar-refractivity contribution is 6.76. The van der Waals surface area contributed by atoms with Crippen LogP contribution in [-0.2, 0) is 11.3 Å². The van der Waals surface area contributed by atoms with E-state index in [2.05, 4.69) is 19.6 Å². The molecular weight excluding hydrogens is 230 g/mol. The van der Waals surface area contributed by atoms with Crippen LogP contribution in [0.25, 0.3) is 0 Å². The first-order valence-electron chi connectivity index (χ1n) is 5.05. The van der Waals surface area contributed by atoms with Crippen LogP contribution in [0.1, 0.15) is 5.56 Å². The fourth-order valence-corrected chi connectivity index (χ4v) is 1.89. The first-order chi connectivity index (χ1) is 7.31. The molecule has 0 aliphatic heterocycles. The van der Waals surface area contributed by atoms with Crippen LogP contribution in [0, 0.1) is 11.6 Å². The van der Waals surface area contributed by atoms with Crippen LogP contribution < -0.4 is 0 Å². The summed E-state index contributed by atoms with van der Waals surface area (Å²) < 4.78 is 31.8. The van der Waals surface area contributed by atoms with Gasteiger partial charge in [0.1, 0.15) is 5.82 Å². The molecule has 90 valence electrons. The van der Waals surface area contributed by atoms with Gasteiger partial charge in [-0.25, -0.2) is 8.78 Å². The first-order valence-corrected chi connectivity index (χ1v) is 8.75. The minimum atomic E-state index is -1.39. The number of aromatic hydroxyl groups is 1. The van der Waals surface area contributed by atoms with Gasteiger partial charge < -0.3 is 9.84 Å². The minimum Gasteiger partial charge on any atom is -0.505 e. The topological polar surface area (TPSA) is 29.5 Å². The predicted octanol–water partition coefficient (Wildman–Crippen LogP) is 3.06. The molecule has 0 unspecified atom stereocenters. The first kappa shape index (κ1) is 13.1.